The van der Waals surface area contributed by atoms with E-state index in [1.54, 1.807) is 40.6 Å². The third-order valence-electron chi connectivity index (χ3n) is 4.25. The summed E-state index contributed by atoms with van der Waals surface area (Å²) in [5, 5.41) is 12.2. The lowest BCUT2D eigenvalue weighted by Gasteiger charge is -2.19. The fourth-order valence-electron chi connectivity index (χ4n) is 2.86. The van der Waals surface area contributed by atoms with Crippen LogP contribution in [0.2, 0.25) is 5.02 Å². The van der Waals surface area contributed by atoms with Crippen molar-refractivity contribution in [2.45, 2.75) is 31.0 Å². The van der Waals surface area contributed by atoms with E-state index in [9.17, 15) is 4.79 Å². The normalized spacial score (nSPS) is 11.9. The lowest BCUT2D eigenvalue weighted by molar-refractivity contribution is -0.119. The van der Waals surface area contributed by atoms with Crippen molar-refractivity contribution < 1.29 is 4.79 Å². The predicted octanol–water partition coefficient (Wildman–Crippen LogP) is 4.44. The van der Waals surface area contributed by atoms with Gasteiger partial charge in [0.25, 0.3) is 0 Å². The van der Waals surface area contributed by atoms with Gasteiger partial charge in [0.15, 0.2) is 5.16 Å². The van der Waals surface area contributed by atoms with Crippen LogP contribution in [0.4, 0.5) is 11.6 Å². The Kier molecular flexibility index (Phi) is 6.95. The largest absolute Gasteiger partial charge is 0.368 e. The molecule has 3 rings (SSSR count). The van der Waals surface area contributed by atoms with Gasteiger partial charge in [-0.15, -0.1) is 10.2 Å². The Morgan fingerprint density at radius 1 is 1.21 bits per heavy atom. The summed E-state index contributed by atoms with van der Waals surface area (Å²) in [4.78, 5) is 12.9. The SMILES string of the molecule is CCC(C(=O)Nc1cccc(Cl)c1)n1c(N)nnc1SCCc1ccccc1. The number of rotatable bonds is 8. The number of halogens is 1. The first-order valence-electron chi connectivity index (χ1n) is 9.02. The van der Waals surface area contributed by atoms with Gasteiger partial charge in [0.05, 0.1) is 0 Å². The Balaban J connectivity index is 1.71. The van der Waals surface area contributed by atoms with E-state index in [1.165, 1.54) is 5.56 Å². The monoisotopic (exact) mass is 415 g/mol. The molecule has 0 radical (unpaired) electrons. The first-order chi connectivity index (χ1) is 13.6. The highest BCUT2D eigenvalue weighted by Crippen LogP contribution is 2.27. The van der Waals surface area contributed by atoms with E-state index in [1.807, 2.05) is 25.1 Å². The summed E-state index contributed by atoms with van der Waals surface area (Å²) in [5.41, 5.74) is 7.92. The number of carbonyl (C=O) groups is 1. The van der Waals surface area contributed by atoms with E-state index in [0.29, 0.717) is 22.3 Å². The van der Waals surface area contributed by atoms with E-state index >= 15 is 0 Å². The fraction of sp³-hybridized carbons (Fsp3) is 0.250. The molecule has 6 nitrogen and oxygen atoms in total. The fourth-order valence-corrected chi connectivity index (χ4v) is 4.03. The molecule has 3 aromatic rings. The van der Waals surface area contributed by atoms with E-state index in [2.05, 4.69) is 27.6 Å². The van der Waals surface area contributed by atoms with E-state index in [0.717, 1.165) is 12.2 Å². The molecular weight excluding hydrogens is 394 g/mol. The molecule has 2 aromatic carbocycles. The van der Waals surface area contributed by atoms with Crippen LogP contribution in [0.1, 0.15) is 24.9 Å². The first kappa shape index (κ1) is 20.2. The first-order valence-corrected chi connectivity index (χ1v) is 10.4. The summed E-state index contributed by atoms with van der Waals surface area (Å²) >= 11 is 7.54. The van der Waals surface area contributed by atoms with Crippen LogP contribution in [0.3, 0.4) is 0 Å². The number of carbonyl (C=O) groups excluding carboxylic acids is 1. The summed E-state index contributed by atoms with van der Waals surface area (Å²) in [6.07, 6.45) is 1.45. The third-order valence-corrected chi connectivity index (χ3v) is 5.43. The second-order valence-corrected chi connectivity index (χ2v) is 7.72. The van der Waals surface area contributed by atoms with E-state index in [-0.39, 0.29) is 11.9 Å². The second-order valence-electron chi connectivity index (χ2n) is 6.22. The molecule has 1 heterocycles. The lowest BCUT2D eigenvalue weighted by Crippen LogP contribution is -2.27. The van der Waals surface area contributed by atoms with Crippen LogP contribution < -0.4 is 11.1 Å². The van der Waals surface area contributed by atoms with Gasteiger partial charge < -0.3 is 11.1 Å². The summed E-state index contributed by atoms with van der Waals surface area (Å²) in [6.45, 7) is 1.93. The molecule has 1 unspecified atom stereocenters. The van der Waals surface area contributed by atoms with Crippen LogP contribution in [0.25, 0.3) is 0 Å². The molecule has 0 bridgehead atoms. The topological polar surface area (TPSA) is 85.8 Å². The average molecular weight is 416 g/mol. The van der Waals surface area contributed by atoms with Crippen LogP contribution >= 0.6 is 23.4 Å². The van der Waals surface area contributed by atoms with Crippen LogP contribution in [-0.4, -0.2) is 26.4 Å². The molecular formula is C20H22ClN5OS. The van der Waals surface area contributed by atoms with Crippen molar-refractivity contribution >= 4 is 40.9 Å². The lowest BCUT2D eigenvalue weighted by atomic mass is 10.2. The predicted molar refractivity (Wildman–Crippen MR) is 115 cm³/mol. The van der Waals surface area contributed by atoms with Crippen molar-refractivity contribution in [2.24, 2.45) is 0 Å². The van der Waals surface area contributed by atoms with Gasteiger partial charge in [-0.1, -0.05) is 66.7 Å². The Labute approximate surface area is 173 Å². The molecule has 0 spiro atoms. The number of nitrogens with one attached hydrogen (secondary N) is 1. The van der Waals surface area contributed by atoms with Gasteiger partial charge in [-0.3, -0.25) is 9.36 Å². The van der Waals surface area contributed by atoms with Crippen molar-refractivity contribution in [3.8, 4) is 0 Å². The highest BCUT2D eigenvalue weighted by atomic mass is 35.5. The van der Waals surface area contributed by atoms with Crippen LogP contribution in [0.15, 0.2) is 59.8 Å². The van der Waals surface area contributed by atoms with Crippen LogP contribution in [0.5, 0.6) is 0 Å². The van der Waals surface area contributed by atoms with Crippen LogP contribution in [-0.2, 0) is 11.2 Å². The molecule has 1 atom stereocenters. The minimum absolute atomic E-state index is 0.179. The summed E-state index contributed by atoms with van der Waals surface area (Å²) in [5.74, 6) is 0.866. The highest BCUT2D eigenvalue weighted by Gasteiger charge is 2.25. The Morgan fingerprint density at radius 2 is 2.00 bits per heavy atom. The smallest absolute Gasteiger partial charge is 0.247 e. The molecule has 0 aliphatic heterocycles. The molecule has 28 heavy (non-hydrogen) atoms. The number of hydrogen-bond acceptors (Lipinski definition) is 5. The number of anilines is 2. The Bertz CT molecular complexity index is 931. The molecule has 1 aromatic heterocycles. The van der Waals surface area contributed by atoms with Gasteiger partial charge in [-0.25, -0.2) is 0 Å². The zero-order valence-corrected chi connectivity index (χ0v) is 17.1. The van der Waals surface area contributed by atoms with Gasteiger partial charge >= 0.3 is 0 Å². The highest BCUT2D eigenvalue weighted by molar-refractivity contribution is 7.99. The molecule has 0 aliphatic carbocycles. The van der Waals surface area contributed by atoms with Gasteiger partial charge in [0.2, 0.25) is 11.9 Å². The van der Waals surface area contributed by atoms with Crippen molar-refractivity contribution in [1.82, 2.24) is 14.8 Å². The second kappa shape index (κ2) is 9.61. The number of nitrogens with zero attached hydrogens (tertiary/aromatic N) is 3. The number of aromatic nitrogens is 3. The maximum absolute atomic E-state index is 12.9. The van der Waals surface area contributed by atoms with Crippen LogP contribution in [0, 0.1) is 0 Å². The van der Waals surface area contributed by atoms with Crippen molar-refractivity contribution in [1.29, 1.82) is 0 Å². The van der Waals surface area contributed by atoms with Crippen molar-refractivity contribution in [3.05, 3.63) is 65.2 Å². The summed E-state index contributed by atoms with van der Waals surface area (Å²) in [7, 11) is 0. The average Bonchev–Trinajstić information content (AvgIpc) is 3.04. The zero-order valence-electron chi connectivity index (χ0n) is 15.5. The molecule has 1 amide bonds. The summed E-state index contributed by atoms with van der Waals surface area (Å²) < 4.78 is 1.70. The quantitative estimate of drug-likeness (QED) is 0.531. The number of aryl methyl sites for hydroxylation is 1. The number of nitrogen functional groups attached to an aromatic ring is 1. The van der Waals surface area contributed by atoms with E-state index in [4.69, 9.17) is 17.3 Å². The number of nitrogens with two attached hydrogens (primary N) is 1. The van der Waals surface area contributed by atoms with Gasteiger partial charge in [-0.2, -0.15) is 0 Å². The van der Waals surface area contributed by atoms with Crippen molar-refractivity contribution in [2.75, 3.05) is 16.8 Å². The van der Waals surface area contributed by atoms with Gasteiger partial charge in [0, 0.05) is 16.5 Å². The Hall–Kier alpha value is -2.51. The maximum atomic E-state index is 12.9. The molecule has 8 heteroatoms. The minimum Gasteiger partial charge on any atom is -0.368 e. The van der Waals surface area contributed by atoms with Gasteiger partial charge in [-0.05, 0) is 36.6 Å². The van der Waals surface area contributed by atoms with E-state index < -0.39 is 6.04 Å². The summed E-state index contributed by atoms with van der Waals surface area (Å²) in [6, 6.07) is 16.8. The number of hydrogen-bond donors (Lipinski definition) is 2. The number of benzene rings is 2. The standard InChI is InChI=1S/C20H22ClN5OS/c1-2-17(18(27)23-16-10-6-9-15(21)13-16)26-19(22)24-25-20(26)28-12-11-14-7-4-3-5-8-14/h3-10,13,17H,2,11-12H2,1H3,(H2,22,24)(H,23,27). The van der Waals surface area contributed by atoms with Crippen molar-refractivity contribution in [3.63, 3.8) is 0 Å². The van der Waals surface area contributed by atoms with Gasteiger partial charge in [0.1, 0.15) is 6.04 Å². The minimum atomic E-state index is -0.506. The number of amides is 1. The molecule has 3 N–H and O–H groups in total. The molecule has 0 saturated carbocycles. The molecule has 0 aliphatic rings. The zero-order chi connectivity index (χ0) is 19.9. The molecule has 0 fully saturated rings. The third kappa shape index (κ3) is 5.05. The molecule has 146 valence electrons. The maximum Gasteiger partial charge on any atom is 0.247 e. The number of thioether (sulfide) groups is 1. The molecule has 0 saturated heterocycles. The Morgan fingerprint density at radius 3 is 2.71 bits per heavy atom.